The van der Waals surface area contributed by atoms with Crippen molar-refractivity contribution in [2.24, 2.45) is 0 Å². The Balaban J connectivity index is 2.68. The molecular formula is C14H21NO3. The minimum absolute atomic E-state index is 0.0766. The van der Waals surface area contributed by atoms with Crippen molar-refractivity contribution in [3.05, 3.63) is 36.4 Å². The second-order valence-electron chi connectivity index (χ2n) is 4.05. The first kappa shape index (κ1) is 14.5. The normalized spacial score (nSPS) is 11.9. The van der Waals surface area contributed by atoms with Crippen molar-refractivity contribution in [2.45, 2.75) is 19.5 Å². The fourth-order valence-corrected chi connectivity index (χ4v) is 1.45. The molecule has 4 nitrogen and oxygen atoms in total. The van der Waals surface area contributed by atoms with Crippen LogP contribution in [0.2, 0.25) is 0 Å². The molecule has 1 rings (SSSR count). The molecule has 0 aromatic heterocycles. The van der Waals surface area contributed by atoms with E-state index in [9.17, 15) is 0 Å². The second-order valence-corrected chi connectivity index (χ2v) is 4.05. The molecule has 0 aliphatic heterocycles. The lowest BCUT2D eigenvalue weighted by Gasteiger charge is -2.13. The van der Waals surface area contributed by atoms with E-state index >= 15 is 0 Å². The van der Waals surface area contributed by atoms with Crippen LogP contribution in [0, 0.1) is 0 Å². The largest absolute Gasteiger partial charge is 0.493 e. The van der Waals surface area contributed by atoms with Gasteiger partial charge in [0.2, 0.25) is 0 Å². The van der Waals surface area contributed by atoms with E-state index in [2.05, 4.69) is 11.9 Å². The minimum Gasteiger partial charge on any atom is -0.493 e. The van der Waals surface area contributed by atoms with Crippen LogP contribution in [0.25, 0.3) is 0 Å². The van der Waals surface area contributed by atoms with E-state index in [1.807, 2.05) is 25.1 Å². The average molecular weight is 251 g/mol. The summed E-state index contributed by atoms with van der Waals surface area (Å²) in [6.07, 6.45) is 1.69. The van der Waals surface area contributed by atoms with Crippen LogP contribution in [0.15, 0.2) is 30.9 Å². The third-order valence-corrected chi connectivity index (χ3v) is 2.51. The summed E-state index contributed by atoms with van der Waals surface area (Å²) in [5.74, 6) is 1.41. The third-order valence-electron chi connectivity index (χ3n) is 2.51. The van der Waals surface area contributed by atoms with E-state index < -0.39 is 0 Å². The van der Waals surface area contributed by atoms with Crippen molar-refractivity contribution in [1.29, 1.82) is 0 Å². The zero-order valence-corrected chi connectivity index (χ0v) is 11.0. The zero-order chi connectivity index (χ0) is 13.4. The molecule has 4 heteroatoms. The second kappa shape index (κ2) is 7.74. The number of aliphatic hydroxyl groups is 1. The molecule has 1 unspecified atom stereocenters. The van der Waals surface area contributed by atoms with Gasteiger partial charge in [0.1, 0.15) is 6.61 Å². The number of methoxy groups -OCH3 is 1. The number of aliphatic hydroxyl groups excluding tert-OH is 1. The smallest absolute Gasteiger partial charge is 0.161 e. The Morgan fingerprint density at radius 1 is 1.44 bits per heavy atom. The van der Waals surface area contributed by atoms with Crippen LogP contribution < -0.4 is 14.8 Å². The Labute approximate surface area is 108 Å². The first-order chi connectivity index (χ1) is 8.71. The van der Waals surface area contributed by atoms with Crippen LogP contribution >= 0.6 is 0 Å². The lowest BCUT2D eigenvalue weighted by molar-refractivity contribution is 0.251. The van der Waals surface area contributed by atoms with Crippen LogP contribution in [-0.4, -0.2) is 31.5 Å². The molecular weight excluding hydrogens is 230 g/mol. The van der Waals surface area contributed by atoms with Gasteiger partial charge in [-0.25, -0.2) is 0 Å². The van der Waals surface area contributed by atoms with E-state index in [-0.39, 0.29) is 12.6 Å². The van der Waals surface area contributed by atoms with E-state index in [4.69, 9.17) is 14.6 Å². The monoisotopic (exact) mass is 251 g/mol. The summed E-state index contributed by atoms with van der Waals surface area (Å²) in [6, 6.07) is 5.85. The summed E-state index contributed by atoms with van der Waals surface area (Å²) in [7, 11) is 1.61. The van der Waals surface area contributed by atoms with E-state index in [1.165, 1.54) is 0 Å². The van der Waals surface area contributed by atoms with Crippen molar-refractivity contribution in [2.75, 3.05) is 20.3 Å². The molecule has 0 heterocycles. The topological polar surface area (TPSA) is 50.7 Å². The zero-order valence-electron chi connectivity index (χ0n) is 11.0. The van der Waals surface area contributed by atoms with Gasteiger partial charge in [-0.2, -0.15) is 0 Å². The summed E-state index contributed by atoms with van der Waals surface area (Å²) < 4.78 is 10.8. The molecule has 1 atom stereocenters. The Kier molecular flexibility index (Phi) is 6.25. The predicted molar refractivity (Wildman–Crippen MR) is 72.1 cm³/mol. The molecule has 100 valence electrons. The molecule has 2 N–H and O–H groups in total. The molecule has 0 bridgehead atoms. The summed E-state index contributed by atoms with van der Waals surface area (Å²) in [6.45, 7) is 6.79. The van der Waals surface area contributed by atoms with Gasteiger partial charge in [-0.05, 0) is 24.6 Å². The molecule has 0 radical (unpaired) electrons. The first-order valence-corrected chi connectivity index (χ1v) is 5.96. The van der Waals surface area contributed by atoms with Crippen molar-refractivity contribution >= 4 is 0 Å². The van der Waals surface area contributed by atoms with Gasteiger partial charge in [0, 0.05) is 12.6 Å². The molecule has 0 saturated carbocycles. The molecule has 0 spiro atoms. The van der Waals surface area contributed by atoms with Crippen molar-refractivity contribution in [3.63, 3.8) is 0 Å². The Bertz CT molecular complexity index is 379. The number of ether oxygens (including phenoxy) is 2. The van der Waals surface area contributed by atoms with Crippen LogP contribution in [0.4, 0.5) is 0 Å². The molecule has 0 aliphatic rings. The Morgan fingerprint density at radius 3 is 2.83 bits per heavy atom. The quantitative estimate of drug-likeness (QED) is 0.691. The van der Waals surface area contributed by atoms with Crippen molar-refractivity contribution in [3.8, 4) is 11.5 Å². The van der Waals surface area contributed by atoms with Gasteiger partial charge in [0.15, 0.2) is 11.5 Å². The van der Waals surface area contributed by atoms with Crippen LogP contribution in [0.1, 0.15) is 12.5 Å². The molecule has 1 aromatic rings. The molecule has 18 heavy (non-hydrogen) atoms. The molecule has 1 aromatic carbocycles. The number of rotatable bonds is 8. The fraction of sp³-hybridized carbons (Fsp3) is 0.429. The number of hydrogen-bond acceptors (Lipinski definition) is 4. The maximum absolute atomic E-state index is 8.94. The van der Waals surface area contributed by atoms with Gasteiger partial charge in [0.05, 0.1) is 13.7 Å². The standard InChI is InChI=1S/C14H21NO3/c1-4-7-18-13-6-5-12(8-14(13)17-3)9-15-11(2)10-16/h4-6,8,11,15-16H,1,7,9-10H2,2-3H3. The van der Waals surface area contributed by atoms with Crippen molar-refractivity contribution in [1.82, 2.24) is 5.32 Å². The van der Waals surface area contributed by atoms with Crippen LogP contribution in [0.3, 0.4) is 0 Å². The highest BCUT2D eigenvalue weighted by atomic mass is 16.5. The van der Waals surface area contributed by atoms with Crippen molar-refractivity contribution < 1.29 is 14.6 Å². The molecule has 0 saturated heterocycles. The number of hydrogen-bond donors (Lipinski definition) is 2. The molecule has 0 fully saturated rings. The maximum Gasteiger partial charge on any atom is 0.161 e. The summed E-state index contributed by atoms with van der Waals surface area (Å²) >= 11 is 0. The van der Waals surface area contributed by atoms with Gasteiger partial charge in [-0.15, -0.1) is 0 Å². The van der Waals surface area contributed by atoms with Crippen LogP contribution in [0.5, 0.6) is 11.5 Å². The third kappa shape index (κ3) is 4.39. The molecule has 0 amide bonds. The number of benzene rings is 1. The van der Waals surface area contributed by atoms with E-state index in [1.54, 1.807) is 13.2 Å². The fourth-order valence-electron chi connectivity index (χ4n) is 1.45. The highest BCUT2D eigenvalue weighted by molar-refractivity contribution is 5.43. The van der Waals surface area contributed by atoms with Gasteiger partial charge >= 0.3 is 0 Å². The lowest BCUT2D eigenvalue weighted by atomic mass is 10.2. The highest BCUT2D eigenvalue weighted by Crippen LogP contribution is 2.28. The lowest BCUT2D eigenvalue weighted by Crippen LogP contribution is -2.28. The summed E-state index contributed by atoms with van der Waals surface area (Å²) in [4.78, 5) is 0. The summed E-state index contributed by atoms with van der Waals surface area (Å²) in [5.41, 5.74) is 1.08. The minimum atomic E-state index is 0.0766. The summed E-state index contributed by atoms with van der Waals surface area (Å²) in [5, 5.41) is 12.1. The Morgan fingerprint density at radius 2 is 2.22 bits per heavy atom. The van der Waals surface area contributed by atoms with Gasteiger partial charge in [0.25, 0.3) is 0 Å². The van der Waals surface area contributed by atoms with E-state index in [0.717, 1.165) is 5.56 Å². The van der Waals surface area contributed by atoms with Gasteiger partial charge < -0.3 is 19.9 Å². The maximum atomic E-state index is 8.94. The average Bonchev–Trinajstić information content (AvgIpc) is 2.42. The highest BCUT2D eigenvalue weighted by Gasteiger charge is 2.06. The SMILES string of the molecule is C=CCOc1ccc(CNC(C)CO)cc1OC. The Hall–Kier alpha value is -1.52. The predicted octanol–water partition coefficient (Wildman–Crippen LogP) is 1.73. The first-order valence-electron chi connectivity index (χ1n) is 5.96. The van der Waals surface area contributed by atoms with Gasteiger partial charge in [-0.1, -0.05) is 18.7 Å². The van der Waals surface area contributed by atoms with E-state index in [0.29, 0.717) is 24.7 Å². The van der Waals surface area contributed by atoms with Crippen LogP contribution in [-0.2, 0) is 6.54 Å². The molecule has 0 aliphatic carbocycles. The number of nitrogens with one attached hydrogen (secondary N) is 1. The van der Waals surface area contributed by atoms with Gasteiger partial charge in [-0.3, -0.25) is 0 Å².